The number of rotatable bonds is 5. The Kier molecular flexibility index (Phi) is 5.42. The molecule has 0 saturated heterocycles. The summed E-state index contributed by atoms with van der Waals surface area (Å²) in [5.41, 5.74) is 0.415. The van der Waals surface area contributed by atoms with Gasteiger partial charge in [0.25, 0.3) is 5.91 Å². The van der Waals surface area contributed by atoms with E-state index in [0.717, 1.165) is 0 Å². The van der Waals surface area contributed by atoms with Crippen molar-refractivity contribution in [3.63, 3.8) is 0 Å². The first-order valence-electron chi connectivity index (χ1n) is 4.96. The minimum absolute atomic E-state index is 0.244. The van der Waals surface area contributed by atoms with Crippen molar-refractivity contribution >= 4 is 21.8 Å². The summed E-state index contributed by atoms with van der Waals surface area (Å²) in [5.74, 6) is -0.621. The quantitative estimate of drug-likeness (QED) is 0.845. The highest BCUT2D eigenvalue weighted by molar-refractivity contribution is 9.10. The van der Waals surface area contributed by atoms with Gasteiger partial charge in [-0.3, -0.25) is 4.79 Å². The molecular formula is C11H13BrFNO2. The van der Waals surface area contributed by atoms with Gasteiger partial charge in [-0.15, -0.1) is 0 Å². The van der Waals surface area contributed by atoms with Crippen LogP contribution in [0.25, 0.3) is 0 Å². The lowest BCUT2D eigenvalue weighted by molar-refractivity contribution is 0.0922. The van der Waals surface area contributed by atoms with Crippen molar-refractivity contribution in [2.24, 2.45) is 0 Å². The van der Waals surface area contributed by atoms with Crippen molar-refractivity contribution in [2.45, 2.75) is 6.92 Å². The summed E-state index contributed by atoms with van der Waals surface area (Å²) < 4.78 is 18.3. The molecule has 0 bridgehead atoms. The summed E-state index contributed by atoms with van der Waals surface area (Å²) in [5, 5.41) is 2.68. The van der Waals surface area contributed by atoms with Crippen molar-refractivity contribution in [3.8, 4) is 0 Å². The van der Waals surface area contributed by atoms with Gasteiger partial charge in [-0.2, -0.15) is 0 Å². The number of halogens is 2. The highest BCUT2D eigenvalue weighted by Gasteiger charge is 2.09. The van der Waals surface area contributed by atoms with Gasteiger partial charge < -0.3 is 10.1 Å². The molecular weight excluding hydrogens is 277 g/mol. The van der Waals surface area contributed by atoms with Crippen molar-refractivity contribution in [2.75, 3.05) is 19.8 Å². The van der Waals surface area contributed by atoms with Crippen LogP contribution in [0.3, 0.4) is 0 Å². The molecule has 16 heavy (non-hydrogen) atoms. The molecule has 0 aromatic heterocycles. The number of ether oxygens (including phenoxy) is 1. The van der Waals surface area contributed by atoms with Crippen LogP contribution < -0.4 is 5.32 Å². The monoisotopic (exact) mass is 289 g/mol. The third-order valence-electron chi connectivity index (χ3n) is 1.91. The summed E-state index contributed by atoms with van der Waals surface area (Å²) >= 11 is 3.14. The maximum absolute atomic E-state index is 12.8. The molecule has 88 valence electrons. The van der Waals surface area contributed by atoms with E-state index >= 15 is 0 Å². The summed E-state index contributed by atoms with van der Waals surface area (Å²) in [6, 6.07) is 3.95. The molecule has 0 aliphatic carbocycles. The van der Waals surface area contributed by atoms with E-state index in [2.05, 4.69) is 21.2 Å². The van der Waals surface area contributed by atoms with E-state index < -0.39 is 0 Å². The second-order valence-electron chi connectivity index (χ2n) is 3.08. The Balaban J connectivity index is 2.53. The smallest absolute Gasteiger partial charge is 0.252 e. The molecule has 1 N–H and O–H groups in total. The standard InChI is InChI=1S/C11H13BrFNO2/c1-2-16-6-5-14-11(15)9-4-3-8(13)7-10(9)12/h3-4,7H,2,5-6H2,1H3,(H,14,15). The zero-order chi connectivity index (χ0) is 12.0. The van der Waals surface area contributed by atoms with E-state index in [1.807, 2.05) is 6.92 Å². The Morgan fingerprint density at radius 1 is 1.56 bits per heavy atom. The van der Waals surface area contributed by atoms with Gasteiger partial charge in [0.1, 0.15) is 5.82 Å². The van der Waals surface area contributed by atoms with Gasteiger partial charge in [-0.25, -0.2) is 4.39 Å². The second-order valence-corrected chi connectivity index (χ2v) is 3.93. The van der Waals surface area contributed by atoms with Crippen LogP contribution in [0.15, 0.2) is 22.7 Å². The summed E-state index contributed by atoms with van der Waals surface area (Å²) in [7, 11) is 0. The summed E-state index contributed by atoms with van der Waals surface area (Å²) in [4.78, 5) is 11.6. The van der Waals surface area contributed by atoms with Crippen LogP contribution in [-0.4, -0.2) is 25.7 Å². The Hall–Kier alpha value is -0.940. The maximum Gasteiger partial charge on any atom is 0.252 e. The SMILES string of the molecule is CCOCCNC(=O)c1ccc(F)cc1Br. The van der Waals surface area contributed by atoms with Crippen LogP contribution in [-0.2, 0) is 4.74 Å². The minimum Gasteiger partial charge on any atom is -0.380 e. The molecule has 0 atom stereocenters. The molecule has 0 fully saturated rings. The van der Waals surface area contributed by atoms with Gasteiger partial charge in [-0.05, 0) is 41.1 Å². The zero-order valence-electron chi connectivity index (χ0n) is 8.93. The van der Waals surface area contributed by atoms with Crippen molar-refractivity contribution in [1.82, 2.24) is 5.32 Å². The van der Waals surface area contributed by atoms with E-state index in [1.54, 1.807) is 0 Å². The maximum atomic E-state index is 12.8. The fourth-order valence-electron chi connectivity index (χ4n) is 1.15. The van der Waals surface area contributed by atoms with Crippen molar-refractivity contribution in [1.29, 1.82) is 0 Å². The Morgan fingerprint density at radius 2 is 2.31 bits per heavy atom. The van der Waals surface area contributed by atoms with Crippen LogP contribution >= 0.6 is 15.9 Å². The topological polar surface area (TPSA) is 38.3 Å². The van der Waals surface area contributed by atoms with E-state index in [9.17, 15) is 9.18 Å². The normalized spacial score (nSPS) is 10.2. The van der Waals surface area contributed by atoms with Crippen LogP contribution in [0.5, 0.6) is 0 Å². The molecule has 0 heterocycles. The molecule has 5 heteroatoms. The number of hydrogen-bond acceptors (Lipinski definition) is 2. The summed E-state index contributed by atoms with van der Waals surface area (Å²) in [6.07, 6.45) is 0. The Morgan fingerprint density at radius 3 is 2.94 bits per heavy atom. The minimum atomic E-state index is -0.377. The van der Waals surface area contributed by atoms with Crippen LogP contribution in [0.4, 0.5) is 4.39 Å². The average molecular weight is 290 g/mol. The van der Waals surface area contributed by atoms with E-state index in [0.29, 0.717) is 29.8 Å². The fraction of sp³-hybridized carbons (Fsp3) is 0.364. The van der Waals surface area contributed by atoms with Gasteiger partial charge in [0.05, 0.1) is 12.2 Å². The molecule has 1 aromatic rings. The van der Waals surface area contributed by atoms with Crippen LogP contribution in [0.2, 0.25) is 0 Å². The number of hydrogen-bond donors (Lipinski definition) is 1. The fourth-order valence-corrected chi connectivity index (χ4v) is 1.68. The number of nitrogens with one attached hydrogen (secondary N) is 1. The first-order chi connectivity index (χ1) is 7.65. The highest BCUT2D eigenvalue weighted by atomic mass is 79.9. The highest BCUT2D eigenvalue weighted by Crippen LogP contribution is 2.17. The molecule has 0 aliphatic heterocycles. The van der Waals surface area contributed by atoms with Crippen LogP contribution in [0, 0.1) is 5.82 Å². The second kappa shape index (κ2) is 6.60. The lowest BCUT2D eigenvalue weighted by Crippen LogP contribution is -2.27. The lowest BCUT2D eigenvalue weighted by Gasteiger charge is -2.06. The number of amides is 1. The summed E-state index contributed by atoms with van der Waals surface area (Å²) in [6.45, 7) is 3.42. The molecule has 1 rings (SSSR count). The third-order valence-corrected chi connectivity index (χ3v) is 2.57. The average Bonchev–Trinajstić information content (AvgIpc) is 2.24. The number of benzene rings is 1. The third kappa shape index (κ3) is 3.90. The molecule has 0 unspecified atom stereocenters. The largest absolute Gasteiger partial charge is 0.380 e. The van der Waals surface area contributed by atoms with E-state index in [-0.39, 0.29) is 11.7 Å². The molecule has 1 aromatic carbocycles. The molecule has 0 saturated carbocycles. The Labute approximate surface area is 102 Å². The molecule has 3 nitrogen and oxygen atoms in total. The molecule has 1 amide bonds. The predicted octanol–water partition coefficient (Wildman–Crippen LogP) is 2.35. The van der Waals surface area contributed by atoms with Gasteiger partial charge >= 0.3 is 0 Å². The van der Waals surface area contributed by atoms with E-state index in [4.69, 9.17) is 4.74 Å². The van der Waals surface area contributed by atoms with Gasteiger partial charge in [0, 0.05) is 17.6 Å². The van der Waals surface area contributed by atoms with Gasteiger partial charge in [-0.1, -0.05) is 0 Å². The van der Waals surface area contributed by atoms with Crippen LogP contribution in [0.1, 0.15) is 17.3 Å². The van der Waals surface area contributed by atoms with E-state index in [1.165, 1.54) is 18.2 Å². The molecule has 0 aliphatic rings. The zero-order valence-corrected chi connectivity index (χ0v) is 10.5. The first kappa shape index (κ1) is 13.1. The predicted molar refractivity (Wildman–Crippen MR) is 62.9 cm³/mol. The van der Waals surface area contributed by atoms with Crippen molar-refractivity contribution < 1.29 is 13.9 Å². The van der Waals surface area contributed by atoms with Gasteiger partial charge in [0.2, 0.25) is 0 Å². The number of carbonyl (C=O) groups excluding carboxylic acids is 1. The number of carbonyl (C=O) groups is 1. The first-order valence-corrected chi connectivity index (χ1v) is 5.75. The molecule has 0 spiro atoms. The van der Waals surface area contributed by atoms with Crippen molar-refractivity contribution in [3.05, 3.63) is 34.1 Å². The Bertz CT molecular complexity index is 371. The lowest BCUT2D eigenvalue weighted by atomic mass is 10.2. The molecule has 0 radical (unpaired) electrons. The van der Waals surface area contributed by atoms with Gasteiger partial charge in [0.15, 0.2) is 0 Å².